The van der Waals surface area contributed by atoms with Gasteiger partial charge in [-0.25, -0.2) is 0 Å². The lowest BCUT2D eigenvalue weighted by Crippen LogP contribution is -1.98. The van der Waals surface area contributed by atoms with Gasteiger partial charge in [-0.3, -0.25) is 14.9 Å². The minimum absolute atomic E-state index is 0.0491. The molecule has 9 heteroatoms. The lowest BCUT2D eigenvalue weighted by atomic mass is 10.1. The van der Waals surface area contributed by atoms with Gasteiger partial charge in [0, 0.05) is 23.8 Å². The number of aromatic nitrogens is 2. The molecule has 1 atom stereocenters. The smallest absolute Gasteiger partial charge is 0.312 e. The Balaban J connectivity index is 1.53. The highest BCUT2D eigenvalue weighted by atomic mass is 16.6. The van der Waals surface area contributed by atoms with Crippen LogP contribution >= 0.6 is 0 Å². The van der Waals surface area contributed by atoms with Crippen molar-refractivity contribution in [2.75, 3.05) is 6.61 Å². The zero-order valence-electron chi connectivity index (χ0n) is 15.5. The lowest BCUT2D eigenvalue weighted by Gasteiger charge is -2.07. The van der Waals surface area contributed by atoms with Crippen molar-refractivity contribution in [1.82, 2.24) is 10.1 Å². The summed E-state index contributed by atoms with van der Waals surface area (Å²) >= 11 is 0. The fraction of sp³-hybridized carbons (Fsp3) is 0.250. The van der Waals surface area contributed by atoms with E-state index in [2.05, 4.69) is 10.1 Å². The molecule has 0 radical (unpaired) electrons. The first-order valence-electron chi connectivity index (χ1n) is 9.04. The second-order valence-corrected chi connectivity index (χ2v) is 6.58. The molecule has 0 spiro atoms. The van der Waals surface area contributed by atoms with Gasteiger partial charge in [-0.1, -0.05) is 5.16 Å². The molecule has 29 heavy (non-hydrogen) atoms. The third-order valence-electron chi connectivity index (χ3n) is 4.55. The Hall–Kier alpha value is -3.59. The van der Waals surface area contributed by atoms with E-state index in [9.17, 15) is 14.9 Å². The highest BCUT2D eigenvalue weighted by Crippen LogP contribution is 2.33. The molecule has 0 N–H and O–H groups in total. The summed E-state index contributed by atoms with van der Waals surface area (Å²) in [5, 5.41) is 15.3. The number of carbonyl (C=O) groups excluding carboxylic acids is 1. The summed E-state index contributed by atoms with van der Waals surface area (Å²) < 4.78 is 16.5. The van der Waals surface area contributed by atoms with E-state index in [0.717, 1.165) is 12.8 Å². The number of carbonyl (C=O) groups is 1. The van der Waals surface area contributed by atoms with Crippen molar-refractivity contribution in [3.8, 4) is 22.9 Å². The van der Waals surface area contributed by atoms with E-state index >= 15 is 0 Å². The van der Waals surface area contributed by atoms with E-state index in [-0.39, 0.29) is 28.9 Å². The number of benzene rings is 2. The number of hydrogen-bond donors (Lipinski definition) is 0. The summed E-state index contributed by atoms with van der Waals surface area (Å²) in [6, 6.07) is 10.9. The summed E-state index contributed by atoms with van der Waals surface area (Å²) in [5.41, 5.74) is 0.687. The Kier molecular flexibility index (Phi) is 5.05. The van der Waals surface area contributed by atoms with E-state index in [4.69, 9.17) is 14.0 Å². The molecule has 1 unspecified atom stereocenters. The molecule has 2 heterocycles. The molecule has 2 aromatic carbocycles. The Morgan fingerprint density at radius 1 is 1.24 bits per heavy atom. The van der Waals surface area contributed by atoms with Gasteiger partial charge in [0.05, 0.1) is 4.92 Å². The van der Waals surface area contributed by atoms with Crippen LogP contribution in [0.1, 0.15) is 42.1 Å². The summed E-state index contributed by atoms with van der Waals surface area (Å²) in [4.78, 5) is 26.6. The molecule has 0 bridgehead atoms. The van der Waals surface area contributed by atoms with E-state index in [1.807, 2.05) is 0 Å². The van der Waals surface area contributed by atoms with Crippen molar-refractivity contribution in [1.29, 1.82) is 0 Å². The minimum Gasteiger partial charge on any atom is -0.450 e. The zero-order chi connectivity index (χ0) is 20.4. The number of Topliss-reactive ketones (excluding diaryl/α,β-unsaturated/α-hetero) is 1. The number of nitro groups is 1. The molecule has 9 nitrogen and oxygen atoms in total. The highest BCUT2D eigenvalue weighted by Gasteiger charge is 2.24. The van der Waals surface area contributed by atoms with Gasteiger partial charge in [-0.15, -0.1) is 0 Å². The average molecular weight is 395 g/mol. The molecular weight excluding hydrogens is 378 g/mol. The minimum atomic E-state index is -0.581. The molecule has 1 aliphatic heterocycles. The standard InChI is InChI=1S/C20H17N3O6/c1-12(24)14-6-9-17(16(11-14)23(25)26)28-15-7-4-13(5-8-15)19-21-20(29-22-19)18-3-2-10-27-18/h4-9,11,18H,2-3,10H2,1H3. The van der Waals surface area contributed by atoms with E-state index in [1.54, 1.807) is 24.3 Å². The Morgan fingerprint density at radius 2 is 2.03 bits per heavy atom. The normalized spacial score (nSPS) is 16.0. The molecule has 1 aliphatic rings. The van der Waals surface area contributed by atoms with Crippen LogP contribution in [0.25, 0.3) is 11.4 Å². The van der Waals surface area contributed by atoms with Crippen molar-refractivity contribution < 1.29 is 23.7 Å². The van der Waals surface area contributed by atoms with Gasteiger partial charge < -0.3 is 14.0 Å². The maximum Gasteiger partial charge on any atom is 0.312 e. The fourth-order valence-corrected chi connectivity index (χ4v) is 3.02. The molecule has 1 aromatic heterocycles. The van der Waals surface area contributed by atoms with Crippen LogP contribution in [0.5, 0.6) is 11.5 Å². The van der Waals surface area contributed by atoms with E-state index in [1.165, 1.54) is 25.1 Å². The third kappa shape index (κ3) is 3.99. The summed E-state index contributed by atoms with van der Waals surface area (Å²) in [7, 11) is 0. The first kappa shape index (κ1) is 18.8. The Labute approximate surface area is 165 Å². The second-order valence-electron chi connectivity index (χ2n) is 6.58. The first-order valence-corrected chi connectivity index (χ1v) is 9.04. The van der Waals surface area contributed by atoms with Crippen molar-refractivity contribution in [3.05, 3.63) is 64.0 Å². The maximum absolute atomic E-state index is 11.5. The number of rotatable bonds is 6. The van der Waals surface area contributed by atoms with Crippen LogP contribution < -0.4 is 4.74 Å². The van der Waals surface area contributed by atoms with Crippen molar-refractivity contribution in [2.45, 2.75) is 25.9 Å². The van der Waals surface area contributed by atoms with Crippen molar-refractivity contribution in [2.24, 2.45) is 0 Å². The number of ether oxygens (including phenoxy) is 2. The quantitative estimate of drug-likeness (QED) is 0.340. The topological polar surface area (TPSA) is 118 Å². The van der Waals surface area contributed by atoms with Crippen LogP contribution in [0.15, 0.2) is 47.0 Å². The van der Waals surface area contributed by atoms with Crippen LogP contribution in [-0.4, -0.2) is 27.5 Å². The van der Waals surface area contributed by atoms with Crippen LogP contribution in [0, 0.1) is 10.1 Å². The molecule has 0 saturated carbocycles. The monoisotopic (exact) mass is 395 g/mol. The lowest BCUT2D eigenvalue weighted by molar-refractivity contribution is -0.385. The van der Waals surface area contributed by atoms with Gasteiger partial charge in [0.25, 0.3) is 5.89 Å². The second kappa shape index (κ2) is 7.80. The zero-order valence-corrected chi connectivity index (χ0v) is 15.5. The molecule has 0 aliphatic carbocycles. The predicted octanol–water partition coefficient (Wildman–Crippen LogP) is 4.49. The first-order chi connectivity index (χ1) is 14.0. The van der Waals surface area contributed by atoms with Crippen LogP contribution in [-0.2, 0) is 4.74 Å². The summed E-state index contributed by atoms with van der Waals surface area (Å²) in [6.07, 6.45) is 1.67. The molecule has 148 valence electrons. The van der Waals surface area contributed by atoms with Gasteiger partial charge in [0.1, 0.15) is 11.9 Å². The highest BCUT2D eigenvalue weighted by molar-refractivity contribution is 5.95. The third-order valence-corrected chi connectivity index (χ3v) is 4.55. The molecule has 1 saturated heterocycles. The Morgan fingerprint density at radius 3 is 2.69 bits per heavy atom. The molecular formula is C20H17N3O6. The van der Waals surface area contributed by atoms with Gasteiger partial charge in [0.15, 0.2) is 5.78 Å². The molecule has 3 aromatic rings. The van der Waals surface area contributed by atoms with Gasteiger partial charge >= 0.3 is 5.69 Å². The van der Waals surface area contributed by atoms with Gasteiger partial charge in [-0.05, 0) is 56.2 Å². The van der Waals surface area contributed by atoms with Crippen LogP contribution in [0.4, 0.5) is 5.69 Å². The fourth-order valence-electron chi connectivity index (χ4n) is 3.02. The summed E-state index contributed by atoms with van der Waals surface area (Å²) in [6.45, 7) is 2.04. The number of hydrogen-bond acceptors (Lipinski definition) is 8. The van der Waals surface area contributed by atoms with Crippen LogP contribution in [0.3, 0.4) is 0 Å². The molecule has 4 rings (SSSR count). The van der Waals surface area contributed by atoms with Gasteiger partial charge in [-0.2, -0.15) is 4.98 Å². The number of nitrogens with zero attached hydrogens (tertiary/aromatic N) is 3. The van der Waals surface area contributed by atoms with E-state index in [0.29, 0.717) is 29.6 Å². The number of nitro benzene ring substituents is 1. The average Bonchev–Trinajstić information content (AvgIpc) is 3.40. The van der Waals surface area contributed by atoms with E-state index < -0.39 is 4.92 Å². The summed E-state index contributed by atoms with van der Waals surface area (Å²) in [5.74, 6) is 1.08. The van der Waals surface area contributed by atoms with Crippen LogP contribution in [0.2, 0.25) is 0 Å². The largest absolute Gasteiger partial charge is 0.450 e. The SMILES string of the molecule is CC(=O)c1ccc(Oc2ccc(-c3noc(C4CCCO4)n3)cc2)c([N+](=O)[O-])c1. The molecule has 0 amide bonds. The number of ketones is 1. The maximum atomic E-state index is 11.5. The Bertz CT molecular complexity index is 1050. The van der Waals surface area contributed by atoms with Crippen molar-refractivity contribution >= 4 is 11.5 Å². The van der Waals surface area contributed by atoms with Gasteiger partial charge in [0.2, 0.25) is 11.6 Å². The predicted molar refractivity (Wildman–Crippen MR) is 101 cm³/mol. The molecule has 1 fully saturated rings. The van der Waals surface area contributed by atoms with Crippen molar-refractivity contribution in [3.63, 3.8) is 0 Å².